The highest BCUT2D eigenvalue weighted by Gasteiger charge is 2.06. The van der Waals surface area contributed by atoms with Crippen molar-refractivity contribution in [1.29, 1.82) is 0 Å². The molecular weight excluding hydrogens is 328 g/mol. The normalized spacial score (nSPS) is 13.9. The fraction of sp³-hybridized carbons (Fsp3) is 0.154. The third kappa shape index (κ3) is 7.32. The molecule has 6 nitrogen and oxygen atoms in total. The molecule has 0 aliphatic carbocycles. The molecule has 0 spiro atoms. The Labute approximate surface area is 125 Å². The number of carbonyl (C=O) groups is 1. The van der Waals surface area contributed by atoms with E-state index in [0.717, 1.165) is 16.6 Å². The Morgan fingerprint density at radius 3 is 2.40 bits per heavy atom. The zero-order valence-electron chi connectivity index (χ0n) is 11.1. The molecule has 2 N–H and O–H groups in total. The molecule has 0 unspecified atom stereocenters. The lowest BCUT2D eigenvalue weighted by Crippen LogP contribution is -2.21. The van der Waals surface area contributed by atoms with Crippen LogP contribution >= 0.6 is 15.9 Å². The first-order valence-electron chi connectivity index (χ1n) is 5.47. The van der Waals surface area contributed by atoms with Crippen LogP contribution in [0.2, 0.25) is 0 Å². The summed E-state index contributed by atoms with van der Waals surface area (Å²) in [4.78, 5) is 20.9. The van der Waals surface area contributed by atoms with Crippen LogP contribution in [0, 0.1) is 10.1 Å². The largest absolute Gasteiger partial charge is 0.456 e. The maximum Gasteiger partial charge on any atom is 0.425 e. The van der Waals surface area contributed by atoms with Crippen LogP contribution in [0.15, 0.2) is 58.6 Å². The minimum atomic E-state index is -1.03. The highest BCUT2D eigenvalue weighted by Crippen LogP contribution is 2.06. The van der Waals surface area contributed by atoms with E-state index in [9.17, 15) is 14.9 Å². The average Bonchev–Trinajstić information content (AvgIpc) is 2.41. The lowest BCUT2D eigenvalue weighted by molar-refractivity contribution is -0.458. The average molecular weight is 343 g/mol. The summed E-state index contributed by atoms with van der Waals surface area (Å²) >= 11 is 3.23. The van der Waals surface area contributed by atoms with E-state index in [1.54, 1.807) is 25.2 Å². The van der Waals surface area contributed by atoms with Crippen LogP contribution < -0.4 is 5.32 Å². The van der Waals surface area contributed by atoms with Gasteiger partial charge in [0.1, 0.15) is 4.92 Å². The Hall–Kier alpha value is -2.15. The van der Waals surface area contributed by atoms with Crippen molar-refractivity contribution in [2.45, 2.75) is 13.8 Å². The van der Waals surface area contributed by atoms with E-state index in [2.05, 4.69) is 27.8 Å². The summed E-state index contributed by atoms with van der Waals surface area (Å²) < 4.78 is 0.761. The van der Waals surface area contributed by atoms with Crippen LogP contribution in [-0.2, 0) is 4.79 Å². The van der Waals surface area contributed by atoms with Crippen LogP contribution in [0.4, 0.5) is 0 Å². The second-order valence-electron chi connectivity index (χ2n) is 3.69. The van der Waals surface area contributed by atoms with Crippen LogP contribution in [0.3, 0.4) is 0 Å². The zero-order valence-corrected chi connectivity index (χ0v) is 12.7. The number of hydrogen-bond donors (Lipinski definition) is 2. The van der Waals surface area contributed by atoms with Crippen molar-refractivity contribution >= 4 is 21.8 Å². The summed E-state index contributed by atoms with van der Waals surface area (Å²) in [6.07, 6.45) is 6.99. The van der Waals surface area contributed by atoms with Crippen LogP contribution in [-0.4, -0.2) is 15.9 Å². The van der Waals surface area contributed by atoms with Crippen molar-refractivity contribution in [2.24, 2.45) is 0 Å². The molecule has 0 radical (unpaired) electrons. The number of hydrogen-bond acceptors (Lipinski definition) is 4. The Balaban J connectivity index is 4.77. The van der Waals surface area contributed by atoms with E-state index in [0.29, 0.717) is 5.70 Å². The number of nitrogens with zero attached hydrogens (tertiary/aromatic N) is 1. The number of amides is 1. The lowest BCUT2D eigenvalue weighted by Gasteiger charge is -2.04. The van der Waals surface area contributed by atoms with Crippen molar-refractivity contribution in [3.8, 4) is 0 Å². The number of nitrogens with one attached hydrogen (secondary N) is 1. The second-order valence-corrected chi connectivity index (χ2v) is 4.61. The molecule has 0 aliphatic rings. The van der Waals surface area contributed by atoms with Gasteiger partial charge in [-0.05, 0) is 32.1 Å². The molecule has 0 saturated carbocycles. The van der Waals surface area contributed by atoms with Gasteiger partial charge in [-0.2, -0.15) is 0 Å². The summed E-state index contributed by atoms with van der Waals surface area (Å²) in [6.45, 7) is 6.72. The van der Waals surface area contributed by atoms with Crippen molar-refractivity contribution in [1.82, 2.24) is 5.32 Å². The quantitative estimate of drug-likeness (QED) is 0.255. The number of rotatable bonds is 6. The Morgan fingerprint density at radius 2 is 1.90 bits per heavy atom. The molecule has 0 atom stereocenters. The van der Waals surface area contributed by atoms with Gasteiger partial charge in [0.05, 0.1) is 6.08 Å². The number of aliphatic hydroxyl groups is 1. The summed E-state index contributed by atoms with van der Waals surface area (Å²) in [5.41, 5.74) is 0.807. The first-order chi connectivity index (χ1) is 9.27. The molecule has 20 heavy (non-hydrogen) atoms. The molecule has 0 saturated heterocycles. The molecule has 1 amide bonds. The number of halogens is 1. The van der Waals surface area contributed by atoms with Gasteiger partial charge < -0.3 is 10.4 Å². The highest BCUT2D eigenvalue weighted by atomic mass is 79.9. The Morgan fingerprint density at radius 1 is 1.30 bits per heavy atom. The fourth-order valence-electron chi connectivity index (χ4n) is 0.928. The van der Waals surface area contributed by atoms with E-state index in [4.69, 9.17) is 5.11 Å². The van der Waals surface area contributed by atoms with Gasteiger partial charge in [0, 0.05) is 15.8 Å². The van der Waals surface area contributed by atoms with Gasteiger partial charge in [-0.1, -0.05) is 28.6 Å². The SMILES string of the molecule is C=C/C(Br)=C\C=C(/C)NC(=O)/C(C)=C/C=C(\O)[N+](=O)[O-]. The van der Waals surface area contributed by atoms with Crippen LogP contribution in [0.5, 0.6) is 0 Å². The molecule has 7 heteroatoms. The molecule has 0 bridgehead atoms. The van der Waals surface area contributed by atoms with Gasteiger partial charge >= 0.3 is 5.88 Å². The van der Waals surface area contributed by atoms with Crippen molar-refractivity contribution < 1.29 is 14.8 Å². The number of aliphatic hydroxyl groups excluding tert-OH is 1. The van der Waals surface area contributed by atoms with Gasteiger partial charge in [-0.3, -0.25) is 14.9 Å². The van der Waals surface area contributed by atoms with Gasteiger partial charge in [0.25, 0.3) is 5.91 Å². The Kier molecular flexibility index (Phi) is 7.91. The third-order valence-electron chi connectivity index (χ3n) is 2.03. The summed E-state index contributed by atoms with van der Waals surface area (Å²) in [5.74, 6) is -1.45. The maximum atomic E-state index is 11.7. The lowest BCUT2D eigenvalue weighted by atomic mass is 10.2. The van der Waals surface area contributed by atoms with E-state index in [-0.39, 0.29) is 5.57 Å². The first kappa shape index (κ1) is 17.8. The maximum absolute atomic E-state index is 11.7. The van der Waals surface area contributed by atoms with Crippen molar-refractivity contribution in [3.63, 3.8) is 0 Å². The van der Waals surface area contributed by atoms with E-state index < -0.39 is 16.7 Å². The smallest absolute Gasteiger partial charge is 0.425 e. The summed E-state index contributed by atoms with van der Waals surface area (Å²) in [7, 11) is 0. The van der Waals surface area contributed by atoms with Crippen molar-refractivity contribution in [2.75, 3.05) is 0 Å². The minimum absolute atomic E-state index is 0.220. The van der Waals surface area contributed by atoms with Gasteiger partial charge in [0.15, 0.2) is 0 Å². The molecule has 0 heterocycles. The summed E-state index contributed by atoms with van der Waals surface area (Å²) in [6, 6.07) is 0. The minimum Gasteiger partial charge on any atom is -0.456 e. The number of carbonyl (C=O) groups excluding carboxylic acids is 1. The molecule has 0 fully saturated rings. The van der Waals surface area contributed by atoms with Gasteiger partial charge in [0.2, 0.25) is 0 Å². The first-order valence-corrected chi connectivity index (χ1v) is 6.27. The zero-order chi connectivity index (χ0) is 15.7. The van der Waals surface area contributed by atoms with E-state index >= 15 is 0 Å². The second kappa shape index (κ2) is 8.87. The van der Waals surface area contributed by atoms with E-state index in [1.807, 2.05) is 0 Å². The molecule has 0 aromatic carbocycles. The third-order valence-corrected chi connectivity index (χ3v) is 2.61. The monoisotopic (exact) mass is 342 g/mol. The highest BCUT2D eigenvalue weighted by molar-refractivity contribution is 9.11. The molecular formula is C13H15BrN2O4. The topological polar surface area (TPSA) is 92.5 Å². The number of allylic oxidation sites excluding steroid dienone is 7. The molecule has 0 aromatic heterocycles. The van der Waals surface area contributed by atoms with Gasteiger partial charge in [-0.15, -0.1) is 0 Å². The van der Waals surface area contributed by atoms with Gasteiger partial charge in [-0.25, -0.2) is 0 Å². The van der Waals surface area contributed by atoms with Crippen molar-refractivity contribution in [3.05, 3.63) is 68.7 Å². The van der Waals surface area contributed by atoms with Crippen LogP contribution in [0.25, 0.3) is 0 Å². The molecule has 0 aliphatic heterocycles. The molecule has 108 valence electrons. The summed E-state index contributed by atoms with van der Waals surface area (Å²) in [5, 5.41) is 21.6. The van der Waals surface area contributed by atoms with Crippen LogP contribution in [0.1, 0.15) is 13.8 Å². The molecule has 0 rings (SSSR count). The predicted molar refractivity (Wildman–Crippen MR) is 80.6 cm³/mol. The number of nitro groups is 1. The standard InChI is InChI=1S/C13H15BrN2O4/c1-4-11(14)7-6-10(3)15-13(18)9(2)5-8-12(17)16(19)20/h4-8,17H,1H2,2-3H3,(H,15,18)/b9-5+,10-6+,11-7+,12-8-. The fourth-order valence-corrected chi connectivity index (χ4v) is 1.06. The predicted octanol–water partition coefficient (Wildman–Crippen LogP) is 3.09. The Bertz CT molecular complexity index is 530. The van der Waals surface area contributed by atoms with E-state index in [1.165, 1.54) is 6.92 Å². The molecule has 0 aromatic rings.